The largest absolute Gasteiger partial charge is 0.257 e. The first-order valence-electron chi connectivity index (χ1n) is 5.16. The molecule has 0 bridgehead atoms. The van der Waals surface area contributed by atoms with Crippen LogP contribution in [0.25, 0.3) is 0 Å². The molecule has 0 saturated heterocycles. The summed E-state index contributed by atoms with van der Waals surface area (Å²) in [6, 6.07) is 0. The number of hydrogen-bond donors (Lipinski definition) is 0. The van der Waals surface area contributed by atoms with Crippen LogP contribution in [0.15, 0.2) is 9.53 Å². The first kappa shape index (κ1) is 31.5. The van der Waals surface area contributed by atoms with Crippen molar-refractivity contribution in [3.8, 4) is 0 Å². The maximum absolute atomic E-state index is 5.12. The third kappa shape index (κ3) is 14.3. The minimum absolute atomic E-state index is 0. The van der Waals surface area contributed by atoms with Gasteiger partial charge in [-0.3, -0.25) is 0 Å². The van der Waals surface area contributed by atoms with E-state index in [9.17, 15) is 0 Å². The molecular formula is C13H38N2O2P2+2. The van der Waals surface area contributed by atoms with Gasteiger partial charge in [0.2, 0.25) is 0 Å². The van der Waals surface area contributed by atoms with E-state index in [2.05, 4.69) is 36.8 Å². The third-order valence-corrected chi connectivity index (χ3v) is 7.68. The van der Waals surface area contributed by atoms with Gasteiger partial charge in [-0.15, -0.1) is 9.53 Å². The van der Waals surface area contributed by atoms with Crippen LogP contribution in [-0.2, 0) is 9.05 Å². The van der Waals surface area contributed by atoms with E-state index in [1.165, 1.54) is 0 Å². The Morgan fingerprint density at radius 1 is 0.789 bits per heavy atom. The van der Waals surface area contributed by atoms with E-state index >= 15 is 0 Å². The predicted molar refractivity (Wildman–Crippen MR) is 100 cm³/mol. The zero-order valence-corrected chi connectivity index (χ0v) is 13.2. The molecule has 0 aromatic heterocycles. The van der Waals surface area contributed by atoms with Gasteiger partial charge in [-0.05, 0) is 13.8 Å². The standard InChI is InChI=1S/2C5H13NOP.3CH4/c2*1-5-8(4,6-2)7-3;;;/h2*2,5H2,1,3-4H3;3*1H4/q2*+1;;;. The van der Waals surface area contributed by atoms with E-state index in [-0.39, 0.29) is 22.3 Å². The first-order chi connectivity index (χ1) is 7.36. The monoisotopic (exact) mass is 316 g/mol. The Balaban J connectivity index is -0.0000000594. The van der Waals surface area contributed by atoms with Crippen molar-refractivity contribution >= 4 is 28.7 Å². The van der Waals surface area contributed by atoms with Gasteiger partial charge in [-0.25, -0.2) is 9.05 Å². The molecule has 0 aliphatic carbocycles. The molecule has 0 fully saturated rings. The molecule has 6 heteroatoms. The molecule has 0 aromatic carbocycles. The van der Waals surface area contributed by atoms with Crippen molar-refractivity contribution in [2.75, 3.05) is 39.9 Å². The van der Waals surface area contributed by atoms with Crippen LogP contribution >= 0.6 is 15.3 Å². The fraction of sp³-hybridized carbons (Fsp3) is 0.846. The quantitative estimate of drug-likeness (QED) is 0.475. The molecule has 0 aromatic rings. The molecule has 4 nitrogen and oxygen atoms in total. The van der Waals surface area contributed by atoms with Gasteiger partial charge in [-0.2, -0.15) is 0 Å². The highest BCUT2D eigenvalue weighted by Gasteiger charge is 2.27. The highest BCUT2D eigenvalue weighted by molar-refractivity contribution is 7.69. The van der Waals surface area contributed by atoms with E-state index in [4.69, 9.17) is 9.05 Å². The second-order valence-electron chi connectivity index (χ2n) is 3.38. The van der Waals surface area contributed by atoms with Crippen LogP contribution < -0.4 is 0 Å². The van der Waals surface area contributed by atoms with E-state index in [1.54, 1.807) is 14.2 Å². The highest BCUT2D eigenvalue weighted by Crippen LogP contribution is 2.56. The van der Waals surface area contributed by atoms with Crippen molar-refractivity contribution < 1.29 is 9.05 Å². The van der Waals surface area contributed by atoms with Crippen LogP contribution in [0.1, 0.15) is 36.1 Å². The smallest absolute Gasteiger partial charge is 0.215 e. The summed E-state index contributed by atoms with van der Waals surface area (Å²) in [5.41, 5.74) is 0. The average molecular weight is 316 g/mol. The minimum Gasteiger partial charge on any atom is -0.215 e. The molecule has 0 N–H and O–H groups in total. The Labute approximate surface area is 124 Å². The van der Waals surface area contributed by atoms with Crippen molar-refractivity contribution in [3.63, 3.8) is 0 Å². The van der Waals surface area contributed by atoms with Gasteiger partial charge in [0.05, 0.1) is 27.5 Å². The minimum atomic E-state index is -1.40. The van der Waals surface area contributed by atoms with Crippen molar-refractivity contribution in [2.24, 2.45) is 9.53 Å². The van der Waals surface area contributed by atoms with E-state index in [0.717, 1.165) is 12.3 Å². The second kappa shape index (κ2) is 16.2. The summed E-state index contributed by atoms with van der Waals surface area (Å²) in [5, 5.41) is 0. The lowest BCUT2D eigenvalue weighted by Gasteiger charge is -2.08. The Kier molecular flexibility index (Phi) is 26.8. The fourth-order valence-corrected chi connectivity index (χ4v) is 1.72. The molecular weight excluding hydrogens is 278 g/mol. The van der Waals surface area contributed by atoms with Gasteiger partial charge in [0.1, 0.15) is 12.3 Å². The van der Waals surface area contributed by atoms with Crippen molar-refractivity contribution in [1.82, 2.24) is 0 Å². The average Bonchev–Trinajstić information content (AvgIpc) is 2.37. The Morgan fingerprint density at radius 3 is 1.00 bits per heavy atom. The second-order valence-corrected chi connectivity index (χ2v) is 10.1. The summed E-state index contributed by atoms with van der Waals surface area (Å²) in [5.74, 6) is 0. The van der Waals surface area contributed by atoms with Gasteiger partial charge in [0, 0.05) is 13.4 Å². The summed E-state index contributed by atoms with van der Waals surface area (Å²) < 4.78 is 18.0. The fourth-order valence-electron chi connectivity index (χ4n) is 0.574. The summed E-state index contributed by atoms with van der Waals surface area (Å²) in [6.45, 7) is 15.0. The zero-order chi connectivity index (χ0) is 13.2. The Hall–Kier alpha value is 0.120. The highest BCUT2D eigenvalue weighted by atomic mass is 31.2. The lowest BCUT2D eigenvalue weighted by atomic mass is 11.0. The molecule has 0 aliphatic heterocycles. The number of hydrogen-bond acceptors (Lipinski definition) is 4. The topological polar surface area (TPSA) is 43.2 Å². The Bertz CT molecular complexity index is 185. The summed E-state index contributed by atoms with van der Waals surface area (Å²) >= 11 is 0. The maximum atomic E-state index is 5.12. The van der Waals surface area contributed by atoms with Crippen molar-refractivity contribution in [1.29, 1.82) is 0 Å². The molecule has 19 heavy (non-hydrogen) atoms. The molecule has 0 aliphatic rings. The third-order valence-electron chi connectivity index (χ3n) is 2.56. The van der Waals surface area contributed by atoms with Crippen LogP contribution in [0.4, 0.5) is 0 Å². The van der Waals surface area contributed by atoms with Gasteiger partial charge >= 0.3 is 0 Å². The SMILES string of the molecule is C.C.C.C=N[P+](C)(CC)OC.C=N[P+](C)(CC)OC. The van der Waals surface area contributed by atoms with E-state index in [0.29, 0.717) is 0 Å². The summed E-state index contributed by atoms with van der Waals surface area (Å²) in [7, 11) is 0.577. The van der Waals surface area contributed by atoms with Gasteiger partial charge in [0.25, 0.3) is 15.3 Å². The normalized spacial score (nSPS) is 14.6. The van der Waals surface area contributed by atoms with Crippen LogP contribution in [0.2, 0.25) is 0 Å². The number of rotatable bonds is 6. The van der Waals surface area contributed by atoms with Crippen LogP contribution in [0.5, 0.6) is 0 Å². The van der Waals surface area contributed by atoms with E-state index in [1.807, 2.05) is 13.3 Å². The lowest BCUT2D eigenvalue weighted by Crippen LogP contribution is -1.91. The molecule has 120 valence electrons. The molecule has 0 heterocycles. The van der Waals surface area contributed by atoms with Gasteiger partial charge in [-0.1, -0.05) is 22.3 Å². The molecule has 0 rings (SSSR count). The molecule has 2 atom stereocenters. The molecule has 2 unspecified atom stereocenters. The van der Waals surface area contributed by atoms with Gasteiger partial charge in [0.15, 0.2) is 0 Å². The summed E-state index contributed by atoms with van der Waals surface area (Å²) in [6.07, 6.45) is 1.96. The van der Waals surface area contributed by atoms with Gasteiger partial charge < -0.3 is 0 Å². The van der Waals surface area contributed by atoms with Crippen LogP contribution in [0, 0.1) is 0 Å². The van der Waals surface area contributed by atoms with E-state index < -0.39 is 15.3 Å². The van der Waals surface area contributed by atoms with Crippen LogP contribution in [0.3, 0.4) is 0 Å². The van der Waals surface area contributed by atoms with Crippen LogP contribution in [-0.4, -0.2) is 53.3 Å². The molecule has 0 radical (unpaired) electrons. The molecule has 0 amide bonds. The van der Waals surface area contributed by atoms with Crippen molar-refractivity contribution in [3.05, 3.63) is 0 Å². The molecule has 0 saturated carbocycles. The lowest BCUT2D eigenvalue weighted by molar-refractivity contribution is 0.449. The predicted octanol–water partition coefficient (Wildman–Crippen LogP) is 5.57. The number of nitrogens with zero attached hydrogens (tertiary/aromatic N) is 2. The van der Waals surface area contributed by atoms with Crippen molar-refractivity contribution in [2.45, 2.75) is 36.1 Å². The summed E-state index contributed by atoms with van der Waals surface area (Å²) in [4.78, 5) is 0. The first-order valence-corrected chi connectivity index (χ1v) is 9.74. The molecule has 0 spiro atoms. The zero-order valence-electron chi connectivity index (χ0n) is 11.4. The Morgan fingerprint density at radius 2 is 1.00 bits per heavy atom. The maximum Gasteiger partial charge on any atom is 0.257 e.